The molecular weight excluding hydrogens is 310 g/mol. The van der Waals surface area contributed by atoms with Gasteiger partial charge in [-0.25, -0.2) is 4.79 Å². The van der Waals surface area contributed by atoms with Gasteiger partial charge in [-0.15, -0.1) is 0 Å². The molecule has 1 N–H and O–H groups in total. The van der Waals surface area contributed by atoms with Crippen molar-refractivity contribution in [3.63, 3.8) is 0 Å². The van der Waals surface area contributed by atoms with Crippen LogP contribution in [0.4, 0.5) is 16.2 Å². The predicted octanol–water partition coefficient (Wildman–Crippen LogP) is 2.65. The summed E-state index contributed by atoms with van der Waals surface area (Å²) in [7, 11) is 3.41. The molecule has 0 radical (unpaired) electrons. The zero-order chi connectivity index (χ0) is 16.3. The summed E-state index contributed by atoms with van der Waals surface area (Å²) in [6, 6.07) is 2.66. The van der Waals surface area contributed by atoms with Crippen LogP contribution in [0.1, 0.15) is 5.69 Å². The lowest BCUT2D eigenvalue weighted by Crippen LogP contribution is -2.31. The van der Waals surface area contributed by atoms with E-state index in [0.717, 1.165) is 11.9 Å². The summed E-state index contributed by atoms with van der Waals surface area (Å²) in [5, 5.41) is 14.0. The molecule has 8 nitrogen and oxygen atoms in total. The van der Waals surface area contributed by atoms with Crippen molar-refractivity contribution in [3.05, 3.63) is 51.6 Å². The Bertz CT molecular complexity index is 715. The average molecular weight is 324 g/mol. The molecule has 0 aliphatic rings. The fraction of sp³-hybridized carbons (Fsp3) is 0.231. The Balaban J connectivity index is 2.09. The van der Waals surface area contributed by atoms with Gasteiger partial charge < -0.3 is 14.8 Å². The van der Waals surface area contributed by atoms with Crippen molar-refractivity contribution < 1.29 is 9.72 Å². The molecule has 0 aliphatic carbocycles. The van der Waals surface area contributed by atoms with Crippen molar-refractivity contribution in [2.45, 2.75) is 6.54 Å². The second kappa shape index (κ2) is 6.44. The summed E-state index contributed by atoms with van der Waals surface area (Å²) in [5.41, 5.74) is 0.680. The van der Waals surface area contributed by atoms with E-state index in [1.807, 2.05) is 7.05 Å². The maximum Gasteiger partial charge on any atom is 0.322 e. The number of amides is 2. The zero-order valence-electron chi connectivity index (χ0n) is 12.0. The SMILES string of the molecule is CN(Cc1cc(Cl)cn1C)C(=O)Nc1ccncc1[N+](=O)[O-]. The molecule has 0 saturated carbocycles. The molecular formula is C13H14ClN5O3. The van der Waals surface area contributed by atoms with E-state index in [1.165, 1.54) is 17.2 Å². The van der Waals surface area contributed by atoms with E-state index in [4.69, 9.17) is 11.6 Å². The Morgan fingerprint density at radius 1 is 1.59 bits per heavy atom. The summed E-state index contributed by atoms with van der Waals surface area (Å²) >= 11 is 5.89. The zero-order valence-corrected chi connectivity index (χ0v) is 12.7. The molecule has 2 aromatic rings. The monoisotopic (exact) mass is 323 g/mol. The quantitative estimate of drug-likeness (QED) is 0.691. The Morgan fingerprint density at radius 2 is 2.32 bits per heavy atom. The van der Waals surface area contributed by atoms with Gasteiger partial charge in [0.15, 0.2) is 0 Å². The van der Waals surface area contributed by atoms with E-state index >= 15 is 0 Å². The first kappa shape index (κ1) is 15.8. The third kappa shape index (κ3) is 3.53. The van der Waals surface area contributed by atoms with Crippen molar-refractivity contribution in [1.29, 1.82) is 0 Å². The van der Waals surface area contributed by atoms with Crippen LogP contribution < -0.4 is 5.32 Å². The Kier molecular flexibility index (Phi) is 4.62. The van der Waals surface area contributed by atoms with Crippen molar-refractivity contribution in [1.82, 2.24) is 14.5 Å². The second-order valence-electron chi connectivity index (χ2n) is 4.70. The van der Waals surface area contributed by atoms with Gasteiger partial charge in [-0.05, 0) is 12.1 Å². The normalized spacial score (nSPS) is 10.3. The summed E-state index contributed by atoms with van der Waals surface area (Å²) in [6.45, 7) is 0.313. The molecule has 2 aromatic heterocycles. The molecule has 22 heavy (non-hydrogen) atoms. The van der Waals surface area contributed by atoms with Gasteiger partial charge in [0.1, 0.15) is 11.9 Å². The van der Waals surface area contributed by atoms with Crippen LogP contribution in [0.25, 0.3) is 0 Å². The highest BCUT2D eigenvalue weighted by atomic mass is 35.5. The second-order valence-corrected chi connectivity index (χ2v) is 5.13. The van der Waals surface area contributed by atoms with E-state index in [1.54, 1.807) is 23.9 Å². The van der Waals surface area contributed by atoms with Gasteiger partial charge in [0, 0.05) is 32.2 Å². The fourth-order valence-corrected chi connectivity index (χ4v) is 2.16. The van der Waals surface area contributed by atoms with Crippen molar-refractivity contribution >= 4 is 29.0 Å². The molecule has 0 atom stereocenters. The number of hydrogen-bond donors (Lipinski definition) is 1. The van der Waals surface area contributed by atoms with Crippen LogP contribution in [0.15, 0.2) is 30.7 Å². The van der Waals surface area contributed by atoms with Crippen LogP contribution in [-0.4, -0.2) is 32.5 Å². The molecule has 116 valence electrons. The summed E-state index contributed by atoms with van der Waals surface area (Å²) in [5.74, 6) is 0. The van der Waals surface area contributed by atoms with Crippen LogP contribution in [0.3, 0.4) is 0 Å². The molecule has 0 aromatic carbocycles. The van der Waals surface area contributed by atoms with Gasteiger partial charge >= 0.3 is 11.7 Å². The van der Waals surface area contributed by atoms with Crippen molar-refractivity contribution in [2.75, 3.05) is 12.4 Å². The van der Waals surface area contributed by atoms with Gasteiger partial charge in [0.2, 0.25) is 0 Å². The van der Waals surface area contributed by atoms with Crippen LogP contribution in [0.5, 0.6) is 0 Å². The lowest BCUT2D eigenvalue weighted by Gasteiger charge is -2.18. The van der Waals surface area contributed by atoms with E-state index in [9.17, 15) is 14.9 Å². The highest BCUT2D eigenvalue weighted by Crippen LogP contribution is 2.22. The van der Waals surface area contributed by atoms with Crippen LogP contribution >= 0.6 is 11.6 Å². The standard InChI is InChI=1S/C13H14ClN5O3/c1-17-7-9(14)5-10(17)8-18(2)13(20)16-11-3-4-15-6-12(11)19(21)22/h3-7H,8H2,1-2H3,(H,15,16,20). The highest BCUT2D eigenvalue weighted by molar-refractivity contribution is 6.30. The molecule has 0 unspecified atom stereocenters. The summed E-state index contributed by atoms with van der Waals surface area (Å²) in [6.07, 6.45) is 4.20. The topological polar surface area (TPSA) is 93.3 Å². The van der Waals surface area contributed by atoms with Crippen LogP contribution in [0, 0.1) is 10.1 Å². The molecule has 0 spiro atoms. The number of nitro groups is 1. The van der Waals surface area contributed by atoms with Gasteiger partial charge in [0.25, 0.3) is 0 Å². The maximum absolute atomic E-state index is 12.1. The number of carbonyl (C=O) groups is 1. The van der Waals surface area contributed by atoms with E-state index in [2.05, 4.69) is 10.3 Å². The number of hydrogen-bond acceptors (Lipinski definition) is 4. The number of rotatable bonds is 4. The summed E-state index contributed by atoms with van der Waals surface area (Å²) in [4.78, 5) is 27.5. The number of aromatic nitrogens is 2. The third-order valence-electron chi connectivity index (χ3n) is 3.06. The first-order chi connectivity index (χ1) is 10.4. The highest BCUT2D eigenvalue weighted by Gasteiger charge is 2.18. The minimum absolute atomic E-state index is 0.0989. The average Bonchev–Trinajstić information content (AvgIpc) is 2.77. The van der Waals surface area contributed by atoms with Gasteiger partial charge in [0.05, 0.1) is 16.5 Å². The molecule has 2 amide bonds. The molecule has 0 bridgehead atoms. The maximum atomic E-state index is 12.1. The molecule has 0 saturated heterocycles. The fourth-order valence-electron chi connectivity index (χ4n) is 1.89. The van der Waals surface area contributed by atoms with E-state index in [0.29, 0.717) is 11.6 Å². The third-order valence-corrected chi connectivity index (χ3v) is 3.27. The largest absolute Gasteiger partial charge is 0.351 e. The van der Waals surface area contributed by atoms with Gasteiger partial charge in [-0.2, -0.15) is 0 Å². The smallest absolute Gasteiger partial charge is 0.322 e. The number of nitrogens with zero attached hydrogens (tertiary/aromatic N) is 4. The number of carbonyl (C=O) groups excluding carboxylic acids is 1. The first-order valence-electron chi connectivity index (χ1n) is 6.29. The number of urea groups is 1. The Hall–Kier alpha value is -2.61. The van der Waals surface area contributed by atoms with Gasteiger partial charge in [-0.3, -0.25) is 15.1 Å². The first-order valence-corrected chi connectivity index (χ1v) is 6.67. The Morgan fingerprint density at radius 3 is 2.91 bits per heavy atom. The minimum atomic E-state index is -0.598. The van der Waals surface area contributed by atoms with E-state index in [-0.39, 0.29) is 11.4 Å². The van der Waals surface area contributed by atoms with Crippen LogP contribution in [-0.2, 0) is 13.6 Å². The summed E-state index contributed by atoms with van der Waals surface area (Å²) < 4.78 is 1.81. The van der Waals surface area contributed by atoms with Crippen molar-refractivity contribution in [3.8, 4) is 0 Å². The minimum Gasteiger partial charge on any atom is -0.351 e. The van der Waals surface area contributed by atoms with Crippen LogP contribution in [0.2, 0.25) is 5.02 Å². The van der Waals surface area contributed by atoms with E-state index < -0.39 is 11.0 Å². The molecule has 2 heterocycles. The van der Waals surface area contributed by atoms with Crippen molar-refractivity contribution in [2.24, 2.45) is 7.05 Å². The Labute approximate surface area is 131 Å². The molecule has 9 heteroatoms. The predicted molar refractivity (Wildman–Crippen MR) is 81.8 cm³/mol. The molecule has 0 fully saturated rings. The number of halogens is 1. The number of pyridine rings is 1. The molecule has 2 rings (SSSR count). The van der Waals surface area contributed by atoms with Gasteiger partial charge in [-0.1, -0.05) is 11.6 Å². The number of anilines is 1. The number of aryl methyl sites for hydroxylation is 1. The lowest BCUT2D eigenvalue weighted by atomic mass is 10.3. The molecule has 0 aliphatic heterocycles. The lowest BCUT2D eigenvalue weighted by molar-refractivity contribution is -0.384. The number of nitrogens with one attached hydrogen (secondary N) is 1.